The second-order valence-electron chi connectivity index (χ2n) is 4.75. The number of methoxy groups -OCH3 is 1. The van der Waals surface area contributed by atoms with E-state index in [-0.39, 0.29) is 0 Å². The Balaban J connectivity index is 1.75. The van der Waals surface area contributed by atoms with Gasteiger partial charge in [0.05, 0.1) is 24.2 Å². The summed E-state index contributed by atoms with van der Waals surface area (Å²) in [5.74, 6) is 0.702. The van der Waals surface area contributed by atoms with Gasteiger partial charge in [-0.3, -0.25) is 0 Å². The summed E-state index contributed by atoms with van der Waals surface area (Å²) in [4.78, 5) is 6.64. The Bertz CT molecular complexity index is 655. The van der Waals surface area contributed by atoms with Crippen molar-refractivity contribution in [3.8, 4) is 5.75 Å². The summed E-state index contributed by atoms with van der Waals surface area (Å²) in [6.45, 7) is 1.64. The smallest absolute Gasteiger partial charge is 0.137 e. The standard InChI is InChI=1S/C16H15ClN2O/c1-20-16-7-6-12(8-14(16)17)9-19-10-13-4-2-3-5-15(13)18-11-19/h2-8,11H,9-10H2,1H3. The number of benzene rings is 2. The molecule has 102 valence electrons. The topological polar surface area (TPSA) is 24.8 Å². The summed E-state index contributed by atoms with van der Waals surface area (Å²) in [7, 11) is 1.62. The second kappa shape index (κ2) is 5.55. The fourth-order valence-corrected chi connectivity index (χ4v) is 2.59. The van der Waals surface area contributed by atoms with Gasteiger partial charge < -0.3 is 9.64 Å². The molecule has 2 aromatic carbocycles. The van der Waals surface area contributed by atoms with Crippen LogP contribution in [0.15, 0.2) is 47.5 Å². The highest BCUT2D eigenvalue weighted by atomic mass is 35.5. The first-order chi connectivity index (χ1) is 9.76. The van der Waals surface area contributed by atoms with Gasteiger partial charge in [0, 0.05) is 13.1 Å². The van der Waals surface area contributed by atoms with E-state index in [1.165, 1.54) is 5.56 Å². The number of hydrogen-bond acceptors (Lipinski definition) is 3. The van der Waals surface area contributed by atoms with Gasteiger partial charge in [-0.05, 0) is 29.3 Å². The van der Waals surface area contributed by atoms with Crippen molar-refractivity contribution in [2.75, 3.05) is 7.11 Å². The van der Waals surface area contributed by atoms with Crippen molar-refractivity contribution >= 4 is 23.6 Å². The van der Waals surface area contributed by atoms with Crippen LogP contribution in [0.4, 0.5) is 5.69 Å². The number of hydrogen-bond donors (Lipinski definition) is 0. The Hall–Kier alpha value is -2.00. The predicted octanol–water partition coefficient (Wildman–Crippen LogP) is 4.02. The highest BCUT2D eigenvalue weighted by Crippen LogP contribution is 2.27. The maximum atomic E-state index is 6.15. The molecule has 0 aromatic heterocycles. The van der Waals surface area contributed by atoms with E-state index in [1.807, 2.05) is 42.7 Å². The first kappa shape index (κ1) is 13.0. The van der Waals surface area contributed by atoms with Gasteiger partial charge in [0.15, 0.2) is 0 Å². The highest BCUT2D eigenvalue weighted by molar-refractivity contribution is 6.32. The Labute approximate surface area is 123 Å². The number of rotatable bonds is 3. The molecule has 0 aliphatic carbocycles. The largest absolute Gasteiger partial charge is 0.495 e. The lowest BCUT2D eigenvalue weighted by atomic mass is 10.1. The average molecular weight is 287 g/mol. The van der Waals surface area contributed by atoms with E-state index < -0.39 is 0 Å². The van der Waals surface area contributed by atoms with Crippen LogP contribution in [0.2, 0.25) is 5.02 Å². The van der Waals surface area contributed by atoms with E-state index >= 15 is 0 Å². The van der Waals surface area contributed by atoms with Crippen molar-refractivity contribution in [2.24, 2.45) is 4.99 Å². The van der Waals surface area contributed by atoms with Gasteiger partial charge >= 0.3 is 0 Å². The Morgan fingerprint density at radius 2 is 2.10 bits per heavy atom. The van der Waals surface area contributed by atoms with Gasteiger partial charge in [-0.25, -0.2) is 4.99 Å². The van der Waals surface area contributed by atoms with Crippen LogP contribution in [0.25, 0.3) is 0 Å². The van der Waals surface area contributed by atoms with E-state index in [2.05, 4.69) is 16.0 Å². The molecule has 0 fully saturated rings. The zero-order valence-electron chi connectivity index (χ0n) is 11.2. The molecule has 0 saturated carbocycles. The van der Waals surface area contributed by atoms with Crippen molar-refractivity contribution in [3.05, 3.63) is 58.6 Å². The summed E-state index contributed by atoms with van der Waals surface area (Å²) >= 11 is 6.15. The minimum absolute atomic E-state index is 0.638. The number of halogens is 1. The SMILES string of the molecule is COc1ccc(CN2C=Nc3ccccc3C2)cc1Cl. The summed E-state index contributed by atoms with van der Waals surface area (Å²) in [6.07, 6.45) is 1.89. The number of fused-ring (bicyclic) bond motifs is 1. The number of nitrogens with zero attached hydrogens (tertiary/aromatic N) is 2. The summed E-state index contributed by atoms with van der Waals surface area (Å²) in [6, 6.07) is 14.1. The summed E-state index contributed by atoms with van der Waals surface area (Å²) in [5.41, 5.74) is 3.44. The quantitative estimate of drug-likeness (QED) is 0.851. The fraction of sp³-hybridized carbons (Fsp3) is 0.188. The van der Waals surface area contributed by atoms with Gasteiger partial charge in [0.2, 0.25) is 0 Å². The molecule has 0 radical (unpaired) electrons. The van der Waals surface area contributed by atoms with Gasteiger partial charge in [0.1, 0.15) is 5.75 Å². The van der Waals surface area contributed by atoms with Crippen LogP contribution in [-0.4, -0.2) is 18.3 Å². The molecule has 4 heteroatoms. The monoisotopic (exact) mass is 286 g/mol. The lowest BCUT2D eigenvalue weighted by Gasteiger charge is -2.24. The molecule has 0 N–H and O–H groups in total. The maximum absolute atomic E-state index is 6.15. The molecule has 20 heavy (non-hydrogen) atoms. The molecule has 1 aliphatic rings. The van der Waals surface area contributed by atoms with E-state index in [9.17, 15) is 0 Å². The molecular weight excluding hydrogens is 272 g/mol. The van der Waals surface area contributed by atoms with Gasteiger partial charge in [0.25, 0.3) is 0 Å². The van der Waals surface area contributed by atoms with Crippen LogP contribution < -0.4 is 4.74 Å². The Morgan fingerprint density at radius 3 is 2.90 bits per heavy atom. The first-order valence-corrected chi connectivity index (χ1v) is 6.82. The summed E-state index contributed by atoms with van der Waals surface area (Å²) in [5, 5.41) is 0.638. The summed E-state index contributed by atoms with van der Waals surface area (Å²) < 4.78 is 5.16. The normalized spacial score (nSPS) is 13.2. The molecule has 0 atom stereocenters. The molecule has 3 nitrogen and oxygen atoms in total. The third-order valence-corrected chi connectivity index (χ3v) is 3.62. The van der Waals surface area contributed by atoms with Crippen LogP contribution in [0, 0.1) is 0 Å². The number of aliphatic imine (C=N–C) groups is 1. The number of ether oxygens (including phenoxy) is 1. The molecule has 0 saturated heterocycles. The molecule has 1 heterocycles. The molecular formula is C16H15ClN2O. The van der Waals surface area contributed by atoms with Crippen LogP contribution in [-0.2, 0) is 13.1 Å². The minimum atomic E-state index is 0.638. The maximum Gasteiger partial charge on any atom is 0.137 e. The van der Waals surface area contributed by atoms with Crippen LogP contribution in [0.5, 0.6) is 5.75 Å². The second-order valence-corrected chi connectivity index (χ2v) is 5.15. The third-order valence-electron chi connectivity index (χ3n) is 3.33. The lowest BCUT2D eigenvalue weighted by molar-refractivity contribution is 0.408. The minimum Gasteiger partial charge on any atom is -0.495 e. The first-order valence-electron chi connectivity index (χ1n) is 6.45. The molecule has 0 bridgehead atoms. The van der Waals surface area contributed by atoms with Crippen LogP contribution >= 0.6 is 11.6 Å². The average Bonchev–Trinajstić information content (AvgIpc) is 2.47. The van der Waals surface area contributed by atoms with Crippen LogP contribution in [0.1, 0.15) is 11.1 Å². The van der Waals surface area contributed by atoms with Crippen molar-refractivity contribution < 1.29 is 4.74 Å². The predicted molar refractivity (Wildman–Crippen MR) is 81.8 cm³/mol. The molecule has 2 aromatic rings. The Kier molecular flexibility index (Phi) is 3.61. The molecule has 3 rings (SSSR count). The zero-order valence-corrected chi connectivity index (χ0v) is 12.0. The highest BCUT2D eigenvalue weighted by Gasteiger charge is 2.12. The van der Waals surface area contributed by atoms with Gasteiger partial charge in [-0.15, -0.1) is 0 Å². The van der Waals surface area contributed by atoms with E-state index in [1.54, 1.807) is 7.11 Å². The van der Waals surface area contributed by atoms with Crippen molar-refractivity contribution in [3.63, 3.8) is 0 Å². The molecule has 1 aliphatic heterocycles. The third kappa shape index (κ3) is 2.63. The Morgan fingerprint density at radius 1 is 1.25 bits per heavy atom. The fourth-order valence-electron chi connectivity index (χ4n) is 2.31. The van der Waals surface area contributed by atoms with Crippen molar-refractivity contribution in [2.45, 2.75) is 13.1 Å². The van der Waals surface area contributed by atoms with Crippen LogP contribution in [0.3, 0.4) is 0 Å². The lowest BCUT2D eigenvalue weighted by Crippen LogP contribution is -2.23. The molecule has 0 amide bonds. The van der Waals surface area contributed by atoms with E-state index in [4.69, 9.17) is 16.3 Å². The molecule has 0 unspecified atom stereocenters. The van der Waals surface area contributed by atoms with Crippen molar-refractivity contribution in [1.82, 2.24) is 4.90 Å². The van der Waals surface area contributed by atoms with E-state index in [0.717, 1.165) is 24.3 Å². The van der Waals surface area contributed by atoms with Gasteiger partial charge in [-0.2, -0.15) is 0 Å². The zero-order chi connectivity index (χ0) is 13.9. The van der Waals surface area contributed by atoms with Gasteiger partial charge in [-0.1, -0.05) is 35.9 Å². The number of para-hydroxylation sites is 1. The van der Waals surface area contributed by atoms with E-state index in [0.29, 0.717) is 10.8 Å². The molecule has 0 spiro atoms. The van der Waals surface area contributed by atoms with Crippen molar-refractivity contribution in [1.29, 1.82) is 0 Å².